The Morgan fingerprint density at radius 2 is 0.929 bits per heavy atom. The molecule has 0 N–H and O–H groups in total. The summed E-state index contributed by atoms with van der Waals surface area (Å²) in [6.45, 7) is 18.6. The molecule has 0 saturated heterocycles. The van der Waals surface area contributed by atoms with Gasteiger partial charge in [-0.15, -0.1) is 13.2 Å². The molecular formula is C34H54O8. The molecule has 0 aromatic rings. The zero-order chi connectivity index (χ0) is 31.6. The third-order valence-corrected chi connectivity index (χ3v) is 6.83. The number of unbranched alkanes of at least 4 members (excludes halogenated alkanes) is 6. The van der Waals surface area contributed by atoms with Crippen LogP contribution in [0.5, 0.6) is 0 Å². The van der Waals surface area contributed by atoms with Crippen molar-refractivity contribution in [3.05, 3.63) is 50.6 Å². The van der Waals surface area contributed by atoms with Gasteiger partial charge in [-0.05, 0) is 25.7 Å². The molecule has 0 aliphatic heterocycles. The minimum absolute atomic E-state index is 0.0134. The second kappa shape index (κ2) is 25.5. The smallest absolute Gasteiger partial charge is 0.348 e. The summed E-state index contributed by atoms with van der Waals surface area (Å²) in [7, 11) is 0. The van der Waals surface area contributed by atoms with Gasteiger partial charge in [0.15, 0.2) is 0 Å². The zero-order valence-electron chi connectivity index (χ0n) is 26.0. The van der Waals surface area contributed by atoms with Gasteiger partial charge < -0.3 is 18.9 Å². The Kier molecular flexibility index (Phi) is 23.6. The lowest BCUT2D eigenvalue weighted by molar-refractivity contribution is -0.171. The molecule has 0 amide bonds. The summed E-state index contributed by atoms with van der Waals surface area (Å²) in [6.07, 6.45) is 13.9. The highest BCUT2D eigenvalue weighted by Crippen LogP contribution is 2.26. The number of carbonyl (C=O) groups excluding carboxylic acids is 4. The molecule has 0 aromatic carbocycles. The van der Waals surface area contributed by atoms with Gasteiger partial charge in [0, 0.05) is 12.8 Å². The molecular weight excluding hydrogens is 536 g/mol. The average molecular weight is 591 g/mol. The first-order chi connectivity index (χ1) is 20.3. The van der Waals surface area contributed by atoms with Crippen molar-refractivity contribution >= 4 is 23.9 Å². The largest absolute Gasteiger partial charge is 0.459 e. The highest BCUT2D eigenvalue weighted by Gasteiger charge is 2.31. The molecule has 0 saturated carbocycles. The first-order valence-electron chi connectivity index (χ1n) is 15.5. The van der Waals surface area contributed by atoms with Gasteiger partial charge in [0.1, 0.15) is 13.2 Å². The monoisotopic (exact) mass is 590 g/mol. The number of hydrogen-bond donors (Lipinski definition) is 0. The minimum Gasteiger partial charge on any atom is -0.459 e. The lowest BCUT2D eigenvalue weighted by atomic mass is 9.89. The number of carbonyl (C=O) groups is 4. The molecule has 0 aliphatic rings. The summed E-state index contributed by atoms with van der Waals surface area (Å²) in [5.41, 5.74) is 0. The maximum atomic E-state index is 13.3. The van der Waals surface area contributed by atoms with Crippen molar-refractivity contribution in [2.45, 2.75) is 116 Å². The van der Waals surface area contributed by atoms with E-state index in [0.29, 0.717) is 25.7 Å². The normalized spacial score (nSPS) is 13.5. The molecule has 0 radical (unpaired) electrons. The van der Waals surface area contributed by atoms with Crippen LogP contribution in [0.25, 0.3) is 0 Å². The SMILES string of the molecule is C=CCOC(=O)C(CC=C)OC(=O)C(CCCC)CCC(CCCCCCCC)C(=O)OC(CC=C)C(=O)OCC=C. The molecule has 0 fully saturated rings. The standard InChI is InChI=1S/C34H54O8/c1-7-13-15-16-17-18-22-28(32(36)42-30(20-10-4)34(38)40-26-12-6)24-23-27(21-14-8-2)31(35)41-29(19-9-3)33(37)39-25-11-5/h9-12,27-30H,3-8,13-26H2,1-2H3. The molecule has 0 heterocycles. The van der Waals surface area contributed by atoms with Crippen molar-refractivity contribution in [2.24, 2.45) is 11.8 Å². The highest BCUT2D eigenvalue weighted by atomic mass is 16.6. The van der Waals surface area contributed by atoms with Crippen LogP contribution in [-0.2, 0) is 38.1 Å². The lowest BCUT2D eigenvalue weighted by Crippen LogP contribution is -2.33. The third kappa shape index (κ3) is 17.6. The number of ether oxygens (including phenoxy) is 4. The van der Waals surface area contributed by atoms with E-state index >= 15 is 0 Å². The maximum Gasteiger partial charge on any atom is 0.348 e. The Labute approximate surface area is 253 Å². The molecule has 4 atom stereocenters. The van der Waals surface area contributed by atoms with Crippen LogP contribution in [0.3, 0.4) is 0 Å². The van der Waals surface area contributed by atoms with E-state index in [-0.39, 0.29) is 26.1 Å². The third-order valence-electron chi connectivity index (χ3n) is 6.83. The molecule has 4 unspecified atom stereocenters. The summed E-state index contributed by atoms with van der Waals surface area (Å²) >= 11 is 0. The Hall–Kier alpha value is -3.16. The van der Waals surface area contributed by atoms with Crippen molar-refractivity contribution in [1.82, 2.24) is 0 Å². The summed E-state index contributed by atoms with van der Waals surface area (Å²) in [5, 5.41) is 0. The van der Waals surface area contributed by atoms with E-state index in [4.69, 9.17) is 18.9 Å². The van der Waals surface area contributed by atoms with Crippen LogP contribution in [0.15, 0.2) is 50.6 Å². The summed E-state index contributed by atoms with van der Waals surface area (Å²) in [4.78, 5) is 51.4. The molecule has 42 heavy (non-hydrogen) atoms. The Bertz CT molecular complexity index is 833. The fourth-order valence-electron chi connectivity index (χ4n) is 4.41. The molecule has 0 spiro atoms. The molecule has 238 valence electrons. The number of rotatable bonds is 27. The van der Waals surface area contributed by atoms with E-state index in [9.17, 15) is 19.2 Å². The van der Waals surface area contributed by atoms with Crippen LogP contribution in [0.4, 0.5) is 0 Å². The van der Waals surface area contributed by atoms with Gasteiger partial charge in [-0.25, -0.2) is 9.59 Å². The first-order valence-corrected chi connectivity index (χ1v) is 15.5. The van der Waals surface area contributed by atoms with Gasteiger partial charge in [-0.1, -0.05) is 103 Å². The fourth-order valence-corrected chi connectivity index (χ4v) is 4.41. The topological polar surface area (TPSA) is 105 Å². The Morgan fingerprint density at radius 1 is 0.524 bits per heavy atom. The number of hydrogen-bond acceptors (Lipinski definition) is 8. The minimum atomic E-state index is -1.09. The lowest BCUT2D eigenvalue weighted by Gasteiger charge is -2.23. The summed E-state index contributed by atoms with van der Waals surface area (Å²) < 4.78 is 21.4. The van der Waals surface area contributed by atoms with Crippen molar-refractivity contribution in [1.29, 1.82) is 0 Å². The number of esters is 4. The fraction of sp³-hybridized carbons (Fsp3) is 0.647. The second-order valence-corrected chi connectivity index (χ2v) is 10.4. The van der Waals surface area contributed by atoms with E-state index < -0.39 is 47.9 Å². The highest BCUT2D eigenvalue weighted by molar-refractivity contribution is 5.81. The van der Waals surface area contributed by atoms with Gasteiger partial charge >= 0.3 is 23.9 Å². The van der Waals surface area contributed by atoms with Crippen LogP contribution >= 0.6 is 0 Å². The Morgan fingerprint density at radius 3 is 1.33 bits per heavy atom. The zero-order valence-corrected chi connectivity index (χ0v) is 26.0. The van der Waals surface area contributed by atoms with Gasteiger partial charge in [0.25, 0.3) is 0 Å². The van der Waals surface area contributed by atoms with E-state index in [1.807, 2.05) is 6.92 Å². The van der Waals surface area contributed by atoms with Crippen molar-refractivity contribution in [2.75, 3.05) is 13.2 Å². The molecule has 0 bridgehead atoms. The van der Waals surface area contributed by atoms with Crippen LogP contribution in [0.1, 0.15) is 104 Å². The van der Waals surface area contributed by atoms with Crippen molar-refractivity contribution in [3.63, 3.8) is 0 Å². The van der Waals surface area contributed by atoms with Gasteiger partial charge in [-0.3, -0.25) is 9.59 Å². The molecule has 0 aromatic heterocycles. The van der Waals surface area contributed by atoms with Crippen molar-refractivity contribution in [3.8, 4) is 0 Å². The first kappa shape index (κ1) is 38.8. The molecule has 0 rings (SSSR count). The van der Waals surface area contributed by atoms with Crippen LogP contribution in [0.2, 0.25) is 0 Å². The van der Waals surface area contributed by atoms with Crippen molar-refractivity contribution < 1.29 is 38.1 Å². The Balaban J connectivity index is 5.64. The van der Waals surface area contributed by atoms with Gasteiger partial charge in [0.2, 0.25) is 12.2 Å². The molecule has 0 aliphatic carbocycles. The second-order valence-electron chi connectivity index (χ2n) is 10.4. The van der Waals surface area contributed by atoms with E-state index in [2.05, 4.69) is 33.2 Å². The molecule has 8 heteroatoms. The van der Waals surface area contributed by atoms with Crippen LogP contribution in [0, 0.1) is 11.8 Å². The van der Waals surface area contributed by atoms with Gasteiger partial charge in [-0.2, -0.15) is 0 Å². The van der Waals surface area contributed by atoms with E-state index in [1.165, 1.54) is 30.7 Å². The average Bonchev–Trinajstić information content (AvgIpc) is 2.98. The van der Waals surface area contributed by atoms with E-state index in [0.717, 1.165) is 44.9 Å². The predicted molar refractivity (Wildman–Crippen MR) is 165 cm³/mol. The van der Waals surface area contributed by atoms with Crippen LogP contribution in [-0.4, -0.2) is 49.3 Å². The molecule has 8 nitrogen and oxygen atoms in total. The maximum absolute atomic E-state index is 13.3. The summed E-state index contributed by atoms with van der Waals surface area (Å²) in [6, 6.07) is 0. The van der Waals surface area contributed by atoms with E-state index in [1.54, 1.807) is 0 Å². The quantitative estimate of drug-likeness (QED) is 0.0422. The predicted octanol–water partition coefficient (Wildman–Crippen LogP) is 7.37. The van der Waals surface area contributed by atoms with Gasteiger partial charge in [0.05, 0.1) is 11.8 Å². The van der Waals surface area contributed by atoms with Crippen LogP contribution < -0.4 is 0 Å². The summed E-state index contributed by atoms with van der Waals surface area (Å²) in [5.74, 6) is -3.32.